The van der Waals surface area contributed by atoms with Gasteiger partial charge in [-0.15, -0.1) is 0 Å². The van der Waals surface area contributed by atoms with Crippen molar-refractivity contribution < 1.29 is 39.1 Å². The number of likely N-dealkylation sites (tertiary alicyclic amines) is 2. The van der Waals surface area contributed by atoms with E-state index in [0.29, 0.717) is 35.8 Å². The van der Waals surface area contributed by atoms with Crippen molar-refractivity contribution in [2.75, 3.05) is 59.7 Å². The van der Waals surface area contributed by atoms with Gasteiger partial charge in [-0.05, 0) is 35.4 Å². The molecule has 38 heavy (non-hydrogen) atoms. The molecule has 11 heteroatoms. The maximum atomic E-state index is 10.5. The van der Waals surface area contributed by atoms with E-state index in [9.17, 15) is 5.11 Å². The second kappa shape index (κ2) is 15.2. The normalized spacial score (nSPS) is 21.5. The molecule has 3 fully saturated rings. The molecule has 0 bridgehead atoms. The minimum atomic E-state index is -0.528. The average Bonchev–Trinajstić information content (AvgIpc) is 3.48. The van der Waals surface area contributed by atoms with Crippen molar-refractivity contribution in [1.82, 2.24) is 14.8 Å². The van der Waals surface area contributed by atoms with Crippen LogP contribution >= 0.6 is 0 Å². The number of methoxy groups -OCH3 is 1. The van der Waals surface area contributed by atoms with E-state index in [1.165, 1.54) is 11.1 Å². The van der Waals surface area contributed by atoms with Gasteiger partial charge >= 0.3 is 0 Å². The summed E-state index contributed by atoms with van der Waals surface area (Å²) in [6.07, 6.45) is 3.20. The van der Waals surface area contributed by atoms with Gasteiger partial charge < -0.3 is 29.5 Å². The molecule has 208 valence electrons. The summed E-state index contributed by atoms with van der Waals surface area (Å²) in [6, 6.07) is 10.3. The molecule has 3 N–H and O–H groups in total. The maximum Gasteiger partial charge on any atom is 0.290 e. The van der Waals surface area contributed by atoms with Crippen LogP contribution in [0.15, 0.2) is 42.7 Å². The SMILES string of the molecule is COc1ccc(CN2CC(c3ccncc3)C2)cc1OCC(O)CN1C[C@H]2COC[C@H]2C1.O=CO.O=CO. The van der Waals surface area contributed by atoms with Gasteiger partial charge in [-0.2, -0.15) is 0 Å². The number of aliphatic hydroxyl groups excluding tert-OH is 1. The number of fused-ring (bicyclic) bond motifs is 1. The van der Waals surface area contributed by atoms with E-state index in [1.54, 1.807) is 7.11 Å². The molecule has 3 aliphatic rings. The predicted octanol–water partition coefficient (Wildman–Crippen LogP) is 1.41. The number of aromatic nitrogens is 1. The van der Waals surface area contributed by atoms with Crippen molar-refractivity contribution >= 4 is 12.9 Å². The Morgan fingerprint density at radius 3 is 2.24 bits per heavy atom. The molecule has 0 spiro atoms. The van der Waals surface area contributed by atoms with E-state index in [0.717, 1.165) is 45.9 Å². The second-order valence-corrected chi connectivity index (χ2v) is 9.61. The summed E-state index contributed by atoms with van der Waals surface area (Å²) in [4.78, 5) is 25.6. The summed E-state index contributed by atoms with van der Waals surface area (Å²) in [5.41, 5.74) is 2.55. The van der Waals surface area contributed by atoms with Gasteiger partial charge in [0.05, 0.1) is 20.3 Å². The third-order valence-electron chi connectivity index (χ3n) is 6.99. The van der Waals surface area contributed by atoms with Crippen LogP contribution < -0.4 is 9.47 Å². The fraction of sp³-hybridized carbons (Fsp3) is 0.519. The molecule has 0 radical (unpaired) electrons. The molecule has 3 saturated heterocycles. The standard InChI is InChI=1S/C25H33N3O4.2CH2O2/c1-30-24-3-2-18(9-27-10-20(11-27)19-4-6-26-7-5-19)8-25(24)32-17-23(29)14-28-12-21-15-31-16-22(21)13-28;2*2-1-3/h2-8,20-23,29H,9-17H2,1H3;2*1H,(H,2,3)/t21-,22+,23?;;. The molecule has 1 aromatic carbocycles. The third-order valence-corrected chi connectivity index (χ3v) is 6.99. The van der Waals surface area contributed by atoms with Gasteiger partial charge in [0.1, 0.15) is 12.7 Å². The Labute approximate surface area is 222 Å². The lowest BCUT2D eigenvalue weighted by Gasteiger charge is -2.39. The van der Waals surface area contributed by atoms with Gasteiger partial charge in [0.25, 0.3) is 12.9 Å². The number of benzene rings is 1. The minimum absolute atomic E-state index is 0.250. The number of nitrogens with zero attached hydrogens (tertiary/aromatic N) is 3. The quantitative estimate of drug-likeness (QED) is 0.404. The summed E-state index contributed by atoms with van der Waals surface area (Å²) in [5.74, 6) is 3.23. The largest absolute Gasteiger partial charge is 0.493 e. The molecule has 3 aliphatic heterocycles. The zero-order valence-corrected chi connectivity index (χ0v) is 21.6. The summed E-state index contributed by atoms with van der Waals surface area (Å²) in [6.45, 7) is 7.11. The number of carboxylic acid groups (broad SMARTS) is 2. The van der Waals surface area contributed by atoms with Crippen molar-refractivity contribution in [1.29, 1.82) is 0 Å². The summed E-state index contributed by atoms with van der Waals surface area (Å²) in [7, 11) is 1.65. The van der Waals surface area contributed by atoms with Crippen LogP contribution in [0, 0.1) is 11.8 Å². The zero-order valence-electron chi connectivity index (χ0n) is 21.6. The second-order valence-electron chi connectivity index (χ2n) is 9.61. The van der Waals surface area contributed by atoms with Crippen molar-refractivity contribution in [2.24, 2.45) is 11.8 Å². The topological polar surface area (TPSA) is 142 Å². The molecular formula is C27H37N3O8. The Morgan fingerprint density at radius 2 is 1.63 bits per heavy atom. The van der Waals surface area contributed by atoms with E-state index in [4.69, 9.17) is 34.0 Å². The van der Waals surface area contributed by atoms with Crippen LogP contribution in [0.1, 0.15) is 17.0 Å². The highest BCUT2D eigenvalue weighted by atomic mass is 16.5. The number of aliphatic hydroxyl groups is 1. The van der Waals surface area contributed by atoms with E-state index in [2.05, 4.69) is 33.0 Å². The first-order valence-electron chi connectivity index (χ1n) is 12.6. The van der Waals surface area contributed by atoms with Crippen molar-refractivity contribution in [3.05, 3.63) is 53.9 Å². The van der Waals surface area contributed by atoms with Crippen LogP contribution in [0.4, 0.5) is 0 Å². The summed E-state index contributed by atoms with van der Waals surface area (Å²) < 4.78 is 17.0. The lowest BCUT2D eigenvalue weighted by molar-refractivity contribution is -0.123. The molecule has 2 aromatic rings. The van der Waals surface area contributed by atoms with Crippen molar-refractivity contribution in [3.63, 3.8) is 0 Å². The van der Waals surface area contributed by atoms with Gasteiger partial charge in [0, 0.05) is 69.4 Å². The molecule has 0 saturated carbocycles. The highest BCUT2D eigenvalue weighted by Crippen LogP contribution is 2.32. The predicted molar refractivity (Wildman–Crippen MR) is 138 cm³/mol. The molecule has 4 heterocycles. The number of ether oxygens (including phenoxy) is 3. The molecule has 0 amide bonds. The Morgan fingerprint density at radius 1 is 1.00 bits per heavy atom. The van der Waals surface area contributed by atoms with Gasteiger partial charge in [-0.3, -0.25) is 24.4 Å². The third kappa shape index (κ3) is 8.38. The summed E-state index contributed by atoms with van der Waals surface area (Å²) >= 11 is 0. The van der Waals surface area contributed by atoms with Crippen LogP contribution in [-0.2, 0) is 20.9 Å². The van der Waals surface area contributed by atoms with Crippen molar-refractivity contribution in [3.8, 4) is 11.5 Å². The molecule has 0 aliphatic carbocycles. The van der Waals surface area contributed by atoms with Crippen LogP contribution in [0.5, 0.6) is 11.5 Å². The van der Waals surface area contributed by atoms with Crippen molar-refractivity contribution in [2.45, 2.75) is 18.6 Å². The van der Waals surface area contributed by atoms with E-state index < -0.39 is 6.10 Å². The number of hydrogen-bond donors (Lipinski definition) is 3. The molecule has 1 aromatic heterocycles. The van der Waals surface area contributed by atoms with Gasteiger partial charge in [-0.25, -0.2) is 0 Å². The Kier molecular flexibility index (Phi) is 11.7. The smallest absolute Gasteiger partial charge is 0.290 e. The molecule has 5 rings (SSSR count). The lowest BCUT2D eigenvalue weighted by Crippen LogP contribution is -2.44. The highest BCUT2D eigenvalue weighted by molar-refractivity contribution is 5.43. The first kappa shape index (κ1) is 29.3. The molecule has 11 nitrogen and oxygen atoms in total. The summed E-state index contributed by atoms with van der Waals surface area (Å²) in [5, 5.41) is 24.3. The van der Waals surface area contributed by atoms with Crippen LogP contribution in [0.3, 0.4) is 0 Å². The van der Waals surface area contributed by atoms with Gasteiger partial charge in [0.2, 0.25) is 0 Å². The maximum absolute atomic E-state index is 10.5. The Hall–Kier alpha value is -3.25. The number of pyridine rings is 1. The number of carbonyl (C=O) groups is 2. The zero-order chi connectivity index (χ0) is 27.3. The van der Waals surface area contributed by atoms with E-state index in [-0.39, 0.29) is 19.6 Å². The highest BCUT2D eigenvalue weighted by Gasteiger charge is 2.37. The Balaban J connectivity index is 0.000000611. The molecular weight excluding hydrogens is 494 g/mol. The fourth-order valence-electron chi connectivity index (χ4n) is 5.21. The first-order chi connectivity index (χ1) is 18.5. The Bertz CT molecular complexity index is 972. The van der Waals surface area contributed by atoms with Gasteiger partial charge in [-0.1, -0.05) is 6.07 Å². The molecule has 1 unspecified atom stereocenters. The fourth-order valence-corrected chi connectivity index (χ4v) is 5.21. The van der Waals surface area contributed by atoms with Crippen LogP contribution in [0.25, 0.3) is 0 Å². The monoisotopic (exact) mass is 531 g/mol. The van der Waals surface area contributed by atoms with E-state index >= 15 is 0 Å². The van der Waals surface area contributed by atoms with Crippen LogP contribution in [0.2, 0.25) is 0 Å². The first-order valence-corrected chi connectivity index (χ1v) is 12.6. The lowest BCUT2D eigenvalue weighted by atomic mass is 9.92. The number of rotatable bonds is 9. The average molecular weight is 532 g/mol. The number of hydrogen-bond acceptors (Lipinski definition) is 9. The number of β-amino-alcohol motifs (C(OH)–C–C–N with tert-alkyl or cyclic N) is 1. The van der Waals surface area contributed by atoms with Crippen LogP contribution in [-0.4, -0.2) is 109 Å². The molecule has 3 atom stereocenters. The van der Waals surface area contributed by atoms with E-state index in [1.807, 2.05) is 24.5 Å². The van der Waals surface area contributed by atoms with Gasteiger partial charge in [0.15, 0.2) is 11.5 Å². The minimum Gasteiger partial charge on any atom is -0.493 e.